The lowest BCUT2D eigenvalue weighted by Gasteiger charge is -2.22. The lowest BCUT2D eigenvalue weighted by molar-refractivity contribution is 0.398. The van der Waals surface area contributed by atoms with Crippen LogP contribution in [0.1, 0.15) is 28.8 Å². The quantitative estimate of drug-likeness (QED) is 0.715. The molecule has 2 aromatic carbocycles. The van der Waals surface area contributed by atoms with E-state index in [4.69, 9.17) is 20.8 Å². The first-order valence-electron chi connectivity index (χ1n) is 7.71. The number of oxazole rings is 1. The second kappa shape index (κ2) is 7.51. The van der Waals surface area contributed by atoms with E-state index in [9.17, 15) is 0 Å². The Kier molecular flexibility index (Phi) is 5.18. The molecule has 1 heterocycles. The molecule has 0 amide bonds. The van der Waals surface area contributed by atoms with Crippen LogP contribution in [0, 0.1) is 6.92 Å². The molecule has 124 valence electrons. The molecule has 0 saturated carbocycles. The van der Waals surface area contributed by atoms with Crippen LogP contribution in [0.15, 0.2) is 59.1 Å². The van der Waals surface area contributed by atoms with Gasteiger partial charge in [-0.25, -0.2) is 4.98 Å². The number of aromatic nitrogens is 1. The van der Waals surface area contributed by atoms with Crippen molar-refractivity contribution in [2.24, 2.45) is 0 Å². The fourth-order valence-corrected chi connectivity index (χ4v) is 2.92. The third-order valence-electron chi connectivity index (χ3n) is 3.79. The topological polar surface area (TPSA) is 47.3 Å². The lowest BCUT2D eigenvalue weighted by atomic mass is 9.97. The second-order valence-corrected chi connectivity index (χ2v) is 5.85. The molecule has 24 heavy (non-hydrogen) atoms. The number of hydrogen-bond acceptors (Lipinski definition) is 4. The van der Waals surface area contributed by atoms with Gasteiger partial charge in [0.15, 0.2) is 0 Å². The first-order valence-corrected chi connectivity index (χ1v) is 8.09. The minimum Gasteiger partial charge on any atom is -0.496 e. The molecular formula is C19H19ClN2O2. The summed E-state index contributed by atoms with van der Waals surface area (Å²) in [4.78, 5) is 4.25. The van der Waals surface area contributed by atoms with E-state index in [-0.39, 0.29) is 6.04 Å². The Bertz CT molecular complexity index is 816. The highest BCUT2D eigenvalue weighted by Crippen LogP contribution is 2.33. The minimum absolute atomic E-state index is 0.137. The summed E-state index contributed by atoms with van der Waals surface area (Å²) in [6.45, 7) is 2.37. The molecule has 0 saturated heterocycles. The molecule has 1 atom stereocenters. The van der Waals surface area contributed by atoms with Gasteiger partial charge in [0.2, 0.25) is 5.89 Å². The number of nitrogens with zero attached hydrogens (tertiary/aromatic N) is 1. The number of methoxy groups -OCH3 is 1. The fourth-order valence-electron chi connectivity index (χ4n) is 2.67. The molecule has 1 unspecified atom stereocenters. The number of ether oxygens (including phenoxy) is 1. The summed E-state index contributed by atoms with van der Waals surface area (Å²) in [5.74, 6) is 2.23. The number of halogens is 1. The zero-order valence-corrected chi connectivity index (χ0v) is 14.4. The number of nitrogens with one attached hydrogen (secondary N) is 1. The Morgan fingerprint density at radius 1 is 1.12 bits per heavy atom. The van der Waals surface area contributed by atoms with Gasteiger partial charge < -0.3 is 9.15 Å². The molecule has 0 aliphatic carbocycles. The van der Waals surface area contributed by atoms with Crippen LogP contribution in [-0.2, 0) is 6.54 Å². The van der Waals surface area contributed by atoms with E-state index in [0.717, 1.165) is 22.6 Å². The van der Waals surface area contributed by atoms with E-state index in [1.807, 2.05) is 55.5 Å². The third kappa shape index (κ3) is 3.61. The van der Waals surface area contributed by atoms with Crippen LogP contribution in [0.4, 0.5) is 0 Å². The van der Waals surface area contributed by atoms with Gasteiger partial charge in [0.25, 0.3) is 0 Å². The molecule has 1 aromatic heterocycles. The zero-order chi connectivity index (χ0) is 16.9. The molecule has 3 rings (SSSR count). The maximum atomic E-state index is 6.43. The number of hydrogen-bond donors (Lipinski definition) is 1. The summed E-state index contributed by atoms with van der Waals surface area (Å²) in [6.07, 6.45) is 1.71. The fraction of sp³-hybridized carbons (Fsp3) is 0.211. The molecule has 0 bridgehead atoms. The first kappa shape index (κ1) is 16.6. The standard InChI is InChI=1S/C19H19ClN2O2/c1-13-11-21-18(24-13)12-22-19(14-7-3-5-9-16(14)20)15-8-4-6-10-17(15)23-2/h3-11,19,22H,12H2,1-2H3. The molecule has 4 nitrogen and oxygen atoms in total. The van der Waals surface area contributed by atoms with Gasteiger partial charge in [0.1, 0.15) is 11.5 Å². The van der Waals surface area contributed by atoms with Gasteiger partial charge in [-0.05, 0) is 24.6 Å². The van der Waals surface area contributed by atoms with Crippen LogP contribution in [0.2, 0.25) is 5.02 Å². The van der Waals surface area contributed by atoms with Crippen LogP contribution in [0.5, 0.6) is 5.75 Å². The number of rotatable bonds is 6. The van der Waals surface area contributed by atoms with Crippen molar-refractivity contribution in [1.82, 2.24) is 10.3 Å². The predicted molar refractivity (Wildman–Crippen MR) is 94.4 cm³/mol. The summed E-state index contributed by atoms with van der Waals surface area (Å²) in [6, 6.07) is 15.5. The highest BCUT2D eigenvalue weighted by molar-refractivity contribution is 6.31. The average Bonchev–Trinajstić information content (AvgIpc) is 3.02. The van der Waals surface area contributed by atoms with Crippen molar-refractivity contribution in [2.75, 3.05) is 7.11 Å². The van der Waals surface area contributed by atoms with Gasteiger partial charge >= 0.3 is 0 Å². The Balaban J connectivity index is 1.96. The molecule has 3 aromatic rings. The Labute approximate surface area is 146 Å². The second-order valence-electron chi connectivity index (χ2n) is 5.44. The molecule has 5 heteroatoms. The Morgan fingerprint density at radius 3 is 2.50 bits per heavy atom. The number of para-hydroxylation sites is 1. The van der Waals surface area contributed by atoms with Crippen LogP contribution >= 0.6 is 11.6 Å². The van der Waals surface area contributed by atoms with Crippen molar-refractivity contribution >= 4 is 11.6 Å². The first-order chi connectivity index (χ1) is 11.7. The van der Waals surface area contributed by atoms with Gasteiger partial charge in [-0.2, -0.15) is 0 Å². The van der Waals surface area contributed by atoms with Crippen LogP contribution in [0.25, 0.3) is 0 Å². The van der Waals surface area contributed by atoms with Gasteiger partial charge in [-0.15, -0.1) is 0 Å². The SMILES string of the molecule is COc1ccccc1C(NCc1ncc(C)o1)c1ccccc1Cl. The van der Waals surface area contributed by atoms with Gasteiger partial charge in [-0.3, -0.25) is 5.32 Å². The van der Waals surface area contributed by atoms with E-state index >= 15 is 0 Å². The maximum absolute atomic E-state index is 6.43. The minimum atomic E-state index is -0.137. The molecule has 0 fully saturated rings. The predicted octanol–water partition coefficient (Wildman–Crippen LogP) is 4.52. The smallest absolute Gasteiger partial charge is 0.208 e. The Morgan fingerprint density at radius 2 is 1.83 bits per heavy atom. The van der Waals surface area contributed by atoms with Crippen LogP contribution in [0.3, 0.4) is 0 Å². The van der Waals surface area contributed by atoms with Crippen molar-refractivity contribution < 1.29 is 9.15 Å². The van der Waals surface area contributed by atoms with Crippen molar-refractivity contribution in [1.29, 1.82) is 0 Å². The largest absolute Gasteiger partial charge is 0.496 e. The van der Waals surface area contributed by atoms with Crippen LogP contribution in [-0.4, -0.2) is 12.1 Å². The molecule has 0 spiro atoms. The van der Waals surface area contributed by atoms with E-state index in [1.165, 1.54) is 0 Å². The van der Waals surface area contributed by atoms with Crippen LogP contribution < -0.4 is 10.1 Å². The van der Waals surface area contributed by atoms with E-state index < -0.39 is 0 Å². The molecule has 0 aliphatic heterocycles. The lowest BCUT2D eigenvalue weighted by Crippen LogP contribution is -2.23. The Hall–Kier alpha value is -2.30. The summed E-state index contributed by atoms with van der Waals surface area (Å²) >= 11 is 6.43. The molecule has 0 radical (unpaired) electrons. The van der Waals surface area contributed by atoms with E-state index in [2.05, 4.69) is 10.3 Å². The van der Waals surface area contributed by atoms with Crippen molar-refractivity contribution in [3.8, 4) is 5.75 Å². The number of benzene rings is 2. The summed E-state index contributed by atoms with van der Waals surface area (Å²) < 4.78 is 11.1. The molecule has 1 N–H and O–H groups in total. The van der Waals surface area contributed by atoms with Gasteiger partial charge in [0.05, 0.1) is 25.9 Å². The van der Waals surface area contributed by atoms with E-state index in [1.54, 1.807) is 13.3 Å². The summed E-state index contributed by atoms with van der Waals surface area (Å²) in [5.41, 5.74) is 1.99. The van der Waals surface area contributed by atoms with E-state index in [0.29, 0.717) is 17.5 Å². The van der Waals surface area contributed by atoms with Gasteiger partial charge in [0, 0.05) is 10.6 Å². The summed E-state index contributed by atoms with van der Waals surface area (Å²) in [5, 5.41) is 4.18. The molecular weight excluding hydrogens is 324 g/mol. The highest BCUT2D eigenvalue weighted by atomic mass is 35.5. The average molecular weight is 343 g/mol. The summed E-state index contributed by atoms with van der Waals surface area (Å²) in [7, 11) is 1.67. The number of aryl methyl sites for hydroxylation is 1. The van der Waals surface area contributed by atoms with Crippen molar-refractivity contribution in [3.63, 3.8) is 0 Å². The van der Waals surface area contributed by atoms with Crippen molar-refractivity contribution in [2.45, 2.75) is 19.5 Å². The highest BCUT2D eigenvalue weighted by Gasteiger charge is 2.20. The van der Waals surface area contributed by atoms with Crippen molar-refractivity contribution in [3.05, 3.63) is 82.5 Å². The normalized spacial score (nSPS) is 12.1. The maximum Gasteiger partial charge on any atom is 0.208 e. The molecule has 0 aliphatic rings. The monoisotopic (exact) mass is 342 g/mol. The third-order valence-corrected chi connectivity index (χ3v) is 4.14. The van der Waals surface area contributed by atoms with Gasteiger partial charge in [-0.1, -0.05) is 48.0 Å². The zero-order valence-electron chi connectivity index (χ0n) is 13.6.